The van der Waals surface area contributed by atoms with E-state index in [9.17, 15) is 0 Å². The van der Waals surface area contributed by atoms with E-state index in [2.05, 4.69) is 16.8 Å². The SMILES string of the molecule is CC(c1nccs1)N1CCC(CN)C1. The lowest BCUT2D eigenvalue weighted by Gasteiger charge is -2.22. The van der Waals surface area contributed by atoms with Crippen molar-refractivity contribution < 1.29 is 0 Å². The van der Waals surface area contributed by atoms with Crippen molar-refractivity contribution in [2.45, 2.75) is 19.4 Å². The van der Waals surface area contributed by atoms with Crippen molar-refractivity contribution >= 4 is 11.3 Å². The van der Waals surface area contributed by atoms with E-state index >= 15 is 0 Å². The molecular weight excluding hydrogens is 194 g/mol. The molecule has 2 N–H and O–H groups in total. The lowest BCUT2D eigenvalue weighted by atomic mass is 10.1. The zero-order chi connectivity index (χ0) is 9.97. The second-order valence-corrected chi connectivity index (χ2v) is 4.86. The van der Waals surface area contributed by atoms with Gasteiger partial charge in [-0.05, 0) is 32.4 Å². The summed E-state index contributed by atoms with van der Waals surface area (Å²) < 4.78 is 0. The van der Waals surface area contributed by atoms with Crippen LogP contribution in [0.1, 0.15) is 24.4 Å². The van der Waals surface area contributed by atoms with E-state index in [1.54, 1.807) is 11.3 Å². The van der Waals surface area contributed by atoms with Gasteiger partial charge in [-0.25, -0.2) is 4.98 Å². The highest BCUT2D eigenvalue weighted by Gasteiger charge is 2.26. The number of thiazole rings is 1. The van der Waals surface area contributed by atoms with Gasteiger partial charge < -0.3 is 5.73 Å². The largest absolute Gasteiger partial charge is 0.330 e. The first-order valence-corrected chi connectivity index (χ1v) is 6.02. The van der Waals surface area contributed by atoms with Crippen LogP contribution in [0, 0.1) is 5.92 Å². The van der Waals surface area contributed by atoms with Gasteiger partial charge >= 0.3 is 0 Å². The maximum absolute atomic E-state index is 5.68. The van der Waals surface area contributed by atoms with E-state index < -0.39 is 0 Å². The van der Waals surface area contributed by atoms with Gasteiger partial charge in [-0.2, -0.15) is 0 Å². The van der Waals surface area contributed by atoms with Crippen molar-refractivity contribution in [1.82, 2.24) is 9.88 Å². The van der Waals surface area contributed by atoms with Crippen LogP contribution in [0.5, 0.6) is 0 Å². The predicted molar refractivity (Wildman–Crippen MR) is 59.3 cm³/mol. The van der Waals surface area contributed by atoms with Crippen LogP contribution in [0.25, 0.3) is 0 Å². The molecule has 0 spiro atoms. The van der Waals surface area contributed by atoms with Gasteiger partial charge in [-0.3, -0.25) is 4.90 Å². The van der Waals surface area contributed by atoms with Crippen LogP contribution in [0.15, 0.2) is 11.6 Å². The molecule has 0 saturated carbocycles. The van der Waals surface area contributed by atoms with Gasteiger partial charge in [0.25, 0.3) is 0 Å². The Kier molecular flexibility index (Phi) is 3.15. The van der Waals surface area contributed by atoms with Gasteiger partial charge in [0.2, 0.25) is 0 Å². The Morgan fingerprint density at radius 1 is 1.79 bits per heavy atom. The first-order chi connectivity index (χ1) is 6.81. The van der Waals surface area contributed by atoms with Gasteiger partial charge in [0, 0.05) is 18.1 Å². The second-order valence-electron chi connectivity index (χ2n) is 3.93. The third-order valence-corrected chi connectivity index (χ3v) is 3.95. The molecular formula is C10H17N3S. The highest BCUT2D eigenvalue weighted by molar-refractivity contribution is 7.09. The third kappa shape index (κ3) is 1.97. The molecule has 2 unspecified atom stereocenters. The van der Waals surface area contributed by atoms with Crippen molar-refractivity contribution in [2.24, 2.45) is 11.7 Å². The molecule has 0 bridgehead atoms. The van der Waals surface area contributed by atoms with E-state index in [0.717, 1.165) is 13.1 Å². The summed E-state index contributed by atoms with van der Waals surface area (Å²) in [6.45, 7) is 5.36. The number of nitrogens with two attached hydrogens (primary N) is 1. The minimum Gasteiger partial charge on any atom is -0.330 e. The first kappa shape index (κ1) is 10.1. The lowest BCUT2D eigenvalue weighted by molar-refractivity contribution is 0.253. The van der Waals surface area contributed by atoms with Crippen molar-refractivity contribution in [3.63, 3.8) is 0 Å². The molecule has 14 heavy (non-hydrogen) atoms. The molecule has 2 rings (SSSR count). The molecule has 1 aliphatic rings. The molecule has 78 valence electrons. The Balaban J connectivity index is 1.97. The number of nitrogens with zero attached hydrogens (tertiary/aromatic N) is 2. The van der Waals surface area contributed by atoms with Crippen LogP contribution in [-0.4, -0.2) is 29.5 Å². The van der Waals surface area contributed by atoms with Crippen LogP contribution < -0.4 is 5.73 Å². The first-order valence-electron chi connectivity index (χ1n) is 5.14. The van der Waals surface area contributed by atoms with Gasteiger partial charge in [0.05, 0.1) is 6.04 Å². The molecule has 0 aliphatic carbocycles. The number of aromatic nitrogens is 1. The lowest BCUT2D eigenvalue weighted by Crippen LogP contribution is -2.26. The average molecular weight is 211 g/mol. The molecule has 1 aliphatic heterocycles. The fourth-order valence-electron chi connectivity index (χ4n) is 2.00. The Morgan fingerprint density at radius 3 is 3.21 bits per heavy atom. The standard InChI is InChI=1S/C10H17N3S/c1-8(10-12-3-5-14-10)13-4-2-9(6-11)7-13/h3,5,8-9H,2,4,6-7,11H2,1H3. The summed E-state index contributed by atoms with van der Waals surface area (Å²) in [5.41, 5.74) is 5.68. The Morgan fingerprint density at radius 2 is 2.64 bits per heavy atom. The summed E-state index contributed by atoms with van der Waals surface area (Å²) >= 11 is 1.74. The number of likely N-dealkylation sites (tertiary alicyclic amines) is 1. The molecule has 1 saturated heterocycles. The van der Waals surface area contributed by atoms with E-state index in [4.69, 9.17) is 5.73 Å². The monoisotopic (exact) mass is 211 g/mol. The fourth-order valence-corrected chi connectivity index (χ4v) is 2.73. The maximum atomic E-state index is 5.68. The number of hydrogen-bond donors (Lipinski definition) is 1. The highest BCUT2D eigenvalue weighted by Crippen LogP contribution is 2.27. The van der Waals surface area contributed by atoms with Gasteiger partial charge in [-0.15, -0.1) is 11.3 Å². The zero-order valence-corrected chi connectivity index (χ0v) is 9.33. The van der Waals surface area contributed by atoms with Gasteiger partial charge in [-0.1, -0.05) is 0 Å². The van der Waals surface area contributed by atoms with E-state index in [1.807, 2.05) is 11.6 Å². The minimum absolute atomic E-state index is 0.464. The number of rotatable bonds is 3. The summed E-state index contributed by atoms with van der Waals surface area (Å²) in [6.07, 6.45) is 3.12. The van der Waals surface area contributed by atoms with E-state index in [0.29, 0.717) is 12.0 Å². The van der Waals surface area contributed by atoms with Crippen LogP contribution in [-0.2, 0) is 0 Å². The molecule has 1 aromatic heterocycles. The molecule has 0 amide bonds. The smallest absolute Gasteiger partial charge is 0.109 e. The molecule has 3 nitrogen and oxygen atoms in total. The van der Waals surface area contributed by atoms with E-state index in [-0.39, 0.29) is 0 Å². The average Bonchev–Trinajstić information content (AvgIpc) is 2.88. The Hall–Kier alpha value is -0.450. The summed E-state index contributed by atoms with van der Waals surface area (Å²) in [7, 11) is 0. The molecule has 2 heterocycles. The molecule has 4 heteroatoms. The van der Waals surface area contributed by atoms with Crippen LogP contribution in [0.4, 0.5) is 0 Å². The number of hydrogen-bond acceptors (Lipinski definition) is 4. The normalized spacial score (nSPS) is 25.4. The second kappa shape index (κ2) is 4.38. The molecule has 0 aromatic carbocycles. The molecule has 0 radical (unpaired) electrons. The van der Waals surface area contributed by atoms with Crippen molar-refractivity contribution in [3.05, 3.63) is 16.6 Å². The van der Waals surface area contributed by atoms with Gasteiger partial charge in [0.15, 0.2) is 0 Å². The predicted octanol–water partition coefficient (Wildman–Crippen LogP) is 1.48. The minimum atomic E-state index is 0.464. The Labute approximate surface area is 88.9 Å². The van der Waals surface area contributed by atoms with Gasteiger partial charge in [0.1, 0.15) is 5.01 Å². The topological polar surface area (TPSA) is 42.2 Å². The third-order valence-electron chi connectivity index (χ3n) is 3.01. The zero-order valence-electron chi connectivity index (χ0n) is 8.52. The summed E-state index contributed by atoms with van der Waals surface area (Å²) in [6, 6.07) is 0.464. The molecule has 1 fully saturated rings. The summed E-state index contributed by atoms with van der Waals surface area (Å²) in [4.78, 5) is 6.84. The van der Waals surface area contributed by atoms with E-state index in [1.165, 1.54) is 18.0 Å². The van der Waals surface area contributed by atoms with Crippen molar-refractivity contribution in [1.29, 1.82) is 0 Å². The van der Waals surface area contributed by atoms with Crippen LogP contribution in [0.2, 0.25) is 0 Å². The fraction of sp³-hybridized carbons (Fsp3) is 0.700. The van der Waals surface area contributed by atoms with Crippen molar-refractivity contribution in [3.8, 4) is 0 Å². The Bertz CT molecular complexity index is 273. The summed E-state index contributed by atoms with van der Waals surface area (Å²) in [5, 5.41) is 3.27. The molecule has 1 aromatic rings. The molecule has 2 atom stereocenters. The maximum Gasteiger partial charge on any atom is 0.109 e. The van der Waals surface area contributed by atoms with Crippen molar-refractivity contribution in [2.75, 3.05) is 19.6 Å². The van der Waals surface area contributed by atoms with Crippen LogP contribution in [0.3, 0.4) is 0 Å². The quantitative estimate of drug-likeness (QED) is 0.823. The summed E-state index contributed by atoms with van der Waals surface area (Å²) in [5.74, 6) is 0.692. The van der Waals surface area contributed by atoms with Crippen LogP contribution >= 0.6 is 11.3 Å². The highest BCUT2D eigenvalue weighted by atomic mass is 32.1.